The maximum Gasteiger partial charge on any atom is 0.255 e. The van der Waals surface area contributed by atoms with Gasteiger partial charge in [-0.2, -0.15) is 0 Å². The van der Waals surface area contributed by atoms with Crippen molar-refractivity contribution in [2.75, 3.05) is 26.2 Å². The van der Waals surface area contributed by atoms with Crippen molar-refractivity contribution < 1.29 is 4.79 Å². The smallest absolute Gasteiger partial charge is 0.255 e. The van der Waals surface area contributed by atoms with Crippen molar-refractivity contribution in [2.45, 2.75) is 13.5 Å². The number of rotatable bonds is 3. The van der Waals surface area contributed by atoms with E-state index in [9.17, 15) is 4.79 Å². The number of aryl methyl sites for hydroxylation is 1. The van der Waals surface area contributed by atoms with E-state index < -0.39 is 0 Å². The highest BCUT2D eigenvalue weighted by atomic mass is 35.5. The lowest BCUT2D eigenvalue weighted by Crippen LogP contribution is -2.48. The third-order valence-corrected chi connectivity index (χ3v) is 5.35. The summed E-state index contributed by atoms with van der Waals surface area (Å²) < 4.78 is 0. The Morgan fingerprint density at radius 2 is 1.96 bits per heavy atom. The van der Waals surface area contributed by atoms with Crippen LogP contribution in [-0.4, -0.2) is 46.9 Å². The van der Waals surface area contributed by atoms with Crippen molar-refractivity contribution in [1.29, 1.82) is 0 Å². The standard InChI is InChI=1S/C16H17Cl2N3OS.ClH/c1-11-10-23-15(19-11)9-20-4-6-21(7-5-20)16(22)13-3-2-12(17)8-14(13)18;/h2-3,8,10H,4-7,9H2,1H3;1H. The Hall–Kier alpha value is -0.850. The predicted molar refractivity (Wildman–Crippen MR) is 102 cm³/mol. The first-order valence-corrected chi connectivity index (χ1v) is 9.04. The number of carbonyl (C=O) groups is 1. The predicted octanol–water partition coefficient (Wildman–Crippen LogP) is 4.14. The van der Waals surface area contributed by atoms with E-state index in [1.165, 1.54) is 0 Å². The van der Waals surface area contributed by atoms with Crippen LogP contribution in [0.1, 0.15) is 21.1 Å². The van der Waals surface area contributed by atoms with Crippen molar-refractivity contribution >= 4 is 52.9 Å². The number of halogens is 3. The van der Waals surface area contributed by atoms with E-state index >= 15 is 0 Å². The molecule has 1 fully saturated rings. The number of carbonyl (C=O) groups excluding carboxylic acids is 1. The molecule has 24 heavy (non-hydrogen) atoms. The van der Waals surface area contributed by atoms with Gasteiger partial charge < -0.3 is 4.90 Å². The van der Waals surface area contributed by atoms with Crippen LogP contribution in [-0.2, 0) is 6.54 Å². The number of piperazine rings is 1. The first-order valence-electron chi connectivity index (χ1n) is 7.40. The Labute approximate surface area is 161 Å². The molecule has 0 unspecified atom stereocenters. The second-order valence-electron chi connectivity index (χ2n) is 5.58. The van der Waals surface area contributed by atoms with Crippen molar-refractivity contribution in [1.82, 2.24) is 14.8 Å². The van der Waals surface area contributed by atoms with Gasteiger partial charge in [-0.25, -0.2) is 4.98 Å². The van der Waals surface area contributed by atoms with Gasteiger partial charge in [0.05, 0.1) is 17.1 Å². The minimum atomic E-state index is -0.0311. The fourth-order valence-corrected chi connectivity index (χ4v) is 3.91. The van der Waals surface area contributed by atoms with E-state index in [4.69, 9.17) is 23.2 Å². The fraction of sp³-hybridized carbons (Fsp3) is 0.375. The molecule has 0 saturated carbocycles. The number of thiazole rings is 1. The molecule has 3 rings (SSSR count). The van der Waals surface area contributed by atoms with E-state index in [0.29, 0.717) is 28.7 Å². The van der Waals surface area contributed by atoms with Crippen LogP contribution in [0.4, 0.5) is 0 Å². The highest BCUT2D eigenvalue weighted by molar-refractivity contribution is 7.09. The van der Waals surface area contributed by atoms with E-state index in [1.807, 2.05) is 11.8 Å². The zero-order chi connectivity index (χ0) is 16.4. The molecule has 1 aromatic carbocycles. The van der Waals surface area contributed by atoms with Crippen LogP contribution in [0.5, 0.6) is 0 Å². The second-order valence-corrected chi connectivity index (χ2v) is 7.36. The molecule has 8 heteroatoms. The van der Waals surface area contributed by atoms with Crippen LogP contribution in [0, 0.1) is 6.92 Å². The van der Waals surface area contributed by atoms with Crippen molar-refractivity contribution in [3.8, 4) is 0 Å². The van der Waals surface area contributed by atoms with Gasteiger partial charge >= 0.3 is 0 Å². The highest BCUT2D eigenvalue weighted by Gasteiger charge is 2.24. The van der Waals surface area contributed by atoms with Gasteiger partial charge in [0.2, 0.25) is 0 Å². The SMILES string of the molecule is Cc1csc(CN2CCN(C(=O)c3ccc(Cl)cc3Cl)CC2)n1.Cl. The van der Waals surface area contributed by atoms with Crippen molar-refractivity contribution in [3.05, 3.63) is 49.9 Å². The lowest BCUT2D eigenvalue weighted by molar-refractivity contribution is 0.0628. The van der Waals surface area contributed by atoms with E-state index in [2.05, 4.69) is 15.3 Å². The molecule has 4 nitrogen and oxygen atoms in total. The molecule has 1 aliphatic heterocycles. The van der Waals surface area contributed by atoms with Crippen LogP contribution in [0.15, 0.2) is 23.6 Å². The van der Waals surface area contributed by atoms with Crippen molar-refractivity contribution in [2.24, 2.45) is 0 Å². The van der Waals surface area contributed by atoms with Gasteiger partial charge in [-0.05, 0) is 25.1 Å². The molecule has 0 bridgehead atoms. The number of hydrogen-bond donors (Lipinski definition) is 0. The molecule has 2 heterocycles. The first-order chi connectivity index (χ1) is 11.0. The number of hydrogen-bond acceptors (Lipinski definition) is 4. The van der Waals surface area contributed by atoms with Crippen LogP contribution in [0.2, 0.25) is 10.0 Å². The van der Waals surface area contributed by atoms with Gasteiger partial charge in [0.1, 0.15) is 5.01 Å². The van der Waals surface area contributed by atoms with Crippen LogP contribution in [0.3, 0.4) is 0 Å². The summed E-state index contributed by atoms with van der Waals surface area (Å²) in [6, 6.07) is 5.00. The summed E-state index contributed by atoms with van der Waals surface area (Å²) in [5.74, 6) is -0.0311. The molecular formula is C16H18Cl3N3OS. The molecule has 0 spiro atoms. The Bertz CT molecular complexity index is 714. The first kappa shape index (κ1) is 19.5. The topological polar surface area (TPSA) is 36.4 Å². The van der Waals surface area contributed by atoms with Gasteiger partial charge in [0.15, 0.2) is 0 Å². The maximum atomic E-state index is 12.6. The maximum absolute atomic E-state index is 12.6. The van der Waals surface area contributed by atoms with Crippen LogP contribution in [0.25, 0.3) is 0 Å². The number of benzene rings is 1. The van der Waals surface area contributed by atoms with E-state index in [0.717, 1.165) is 30.3 Å². The largest absolute Gasteiger partial charge is 0.336 e. The normalized spacial score (nSPS) is 15.2. The van der Waals surface area contributed by atoms with Gasteiger partial charge in [-0.1, -0.05) is 23.2 Å². The summed E-state index contributed by atoms with van der Waals surface area (Å²) in [4.78, 5) is 21.2. The zero-order valence-corrected chi connectivity index (χ0v) is 16.3. The van der Waals surface area contributed by atoms with E-state index in [-0.39, 0.29) is 18.3 Å². The zero-order valence-electron chi connectivity index (χ0n) is 13.2. The van der Waals surface area contributed by atoms with Crippen molar-refractivity contribution in [3.63, 3.8) is 0 Å². The molecule has 2 aromatic rings. The summed E-state index contributed by atoms with van der Waals surface area (Å²) in [5.41, 5.74) is 1.58. The van der Waals surface area contributed by atoms with Crippen LogP contribution >= 0.6 is 46.9 Å². The average Bonchev–Trinajstić information content (AvgIpc) is 2.92. The number of nitrogens with zero attached hydrogens (tertiary/aromatic N) is 3. The molecule has 0 radical (unpaired) electrons. The Morgan fingerprint density at radius 3 is 2.54 bits per heavy atom. The quantitative estimate of drug-likeness (QED) is 0.768. The summed E-state index contributed by atoms with van der Waals surface area (Å²) in [6.07, 6.45) is 0. The molecule has 0 N–H and O–H groups in total. The minimum Gasteiger partial charge on any atom is -0.336 e. The molecule has 1 aliphatic rings. The summed E-state index contributed by atoms with van der Waals surface area (Å²) in [7, 11) is 0. The second kappa shape index (κ2) is 8.50. The fourth-order valence-electron chi connectivity index (χ4n) is 2.61. The Kier molecular flexibility index (Phi) is 6.89. The summed E-state index contributed by atoms with van der Waals surface area (Å²) >= 11 is 13.7. The monoisotopic (exact) mass is 405 g/mol. The Balaban J connectivity index is 0.00000208. The summed E-state index contributed by atoms with van der Waals surface area (Å²) in [5, 5.41) is 4.14. The molecule has 0 aliphatic carbocycles. The highest BCUT2D eigenvalue weighted by Crippen LogP contribution is 2.23. The summed E-state index contributed by atoms with van der Waals surface area (Å²) in [6.45, 7) is 5.93. The van der Waals surface area contributed by atoms with Crippen LogP contribution < -0.4 is 0 Å². The molecule has 1 saturated heterocycles. The average molecular weight is 407 g/mol. The Morgan fingerprint density at radius 1 is 1.25 bits per heavy atom. The lowest BCUT2D eigenvalue weighted by Gasteiger charge is -2.34. The molecule has 1 amide bonds. The van der Waals surface area contributed by atoms with Gasteiger partial charge in [-0.15, -0.1) is 23.7 Å². The lowest BCUT2D eigenvalue weighted by atomic mass is 10.2. The molecule has 130 valence electrons. The van der Waals surface area contributed by atoms with Gasteiger partial charge in [0.25, 0.3) is 5.91 Å². The third-order valence-electron chi connectivity index (χ3n) is 3.85. The van der Waals surface area contributed by atoms with Gasteiger partial charge in [-0.3, -0.25) is 9.69 Å². The minimum absolute atomic E-state index is 0. The van der Waals surface area contributed by atoms with E-state index in [1.54, 1.807) is 29.5 Å². The molecule has 0 atom stereocenters. The molecular weight excluding hydrogens is 389 g/mol. The molecule has 1 aromatic heterocycles. The number of amides is 1. The van der Waals surface area contributed by atoms with Gasteiger partial charge in [0, 0.05) is 42.3 Å². The third kappa shape index (κ3) is 4.61. The number of aromatic nitrogens is 1.